The first-order chi connectivity index (χ1) is 13.0. The van der Waals surface area contributed by atoms with Gasteiger partial charge in [0.2, 0.25) is 11.8 Å². The first-order valence-electron chi connectivity index (χ1n) is 9.22. The molecule has 3 rings (SSSR count). The number of benzene rings is 2. The van der Waals surface area contributed by atoms with Gasteiger partial charge in [0.05, 0.1) is 0 Å². The van der Waals surface area contributed by atoms with Crippen LogP contribution in [0.3, 0.4) is 0 Å². The van der Waals surface area contributed by atoms with Crippen molar-refractivity contribution in [1.82, 2.24) is 0 Å². The van der Waals surface area contributed by atoms with Crippen LogP contribution in [0.25, 0.3) is 0 Å². The molecule has 2 amide bonds. The topological polar surface area (TPSA) is 61.4 Å². The summed E-state index contributed by atoms with van der Waals surface area (Å²) in [5.74, 6) is -0.728. The standard InChI is InChI=1S/C21H24ClN3O2/c1-15-5-6-17(13-19(15)22)24-21(27)14-20(26)23-16-7-9-18(10-8-16)25-11-3-2-4-12-25/h5-10,13H,2-4,11-12,14H2,1H3,(H,23,26)(H,24,27). The fraction of sp³-hybridized carbons (Fsp3) is 0.333. The zero-order chi connectivity index (χ0) is 19.2. The quantitative estimate of drug-likeness (QED) is 0.739. The van der Waals surface area contributed by atoms with Crippen LogP contribution in [0.15, 0.2) is 42.5 Å². The molecule has 1 aliphatic rings. The second kappa shape index (κ2) is 8.91. The Morgan fingerprint density at radius 1 is 0.926 bits per heavy atom. The molecule has 2 aromatic rings. The Balaban J connectivity index is 1.50. The Labute approximate surface area is 164 Å². The fourth-order valence-electron chi connectivity index (χ4n) is 3.13. The summed E-state index contributed by atoms with van der Waals surface area (Å²) >= 11 is 6.05. The van der Waals surface area contributed by atoms with Gasteiger partial charge in [-0.2, -0.15) is 0 Å². The van der Waals surface area contributed by atoms with E-state index in [4.69, 9.17) is 11.6 Å². The molecule has 0 aromatic heterocycles. The van der Waals surface area contributed by atoms with Crippen molar-refractivity contribution in [3.05, 3.63) is 53.1 Å². The molecule has 0 bridgehead atoms. The fourth-order valence-corrected chi connectivity index (χ4v) is 3.32. The van der Waals surface area contributed by atoms with E-state index in [1.165, 1.54) is 24.9 Å². The van der Waals surface area contributed by atoms with Crippen LogP contribution in [-0.2, 0) is 9.59 Å². The van der Waals surface area contributed by atoms with Crippen molar-refractivity contribution < 1.29 is 9.59 Å². The lowest BCUT2D eigenvalue weighted by Crippen LogP contribution is -2.29. The molecule has 27 heavy (non-hydrogen) atoms. The molecule has 6 heteroatoms. The molecule has 5 nitrogen and oxygen atoms in total. The van der Waals surface area contributed by atoms with Gasteiger partial charge in [0.1, 0.15) is 6.42 Å². The minimum absolute atomic E-state index is 0.251. The summed E-state index contributed by atoms with van der Waals surface area (Å²) in [6.45, 7) is 4.04. The summed E-state index contributed by atoms with van der Waals surface area (Å²) < 4.78 is 0. The summed E-state index contributed by atoms with van der Waals surface area (Å²) in [5, 5.41) is 6.03. The first-order valence-corrected chi connectivity index (χ1v) is 9.60. The number of anilines is 3. The van der Waals surface area contributed by atoms with Crippen molar-refractivity contribution >= 4 is 40.5 Å². The van der Waals surface area contributed by atoms with E-state index >= 15 is 0 Å². The van der Waals surface area contributed by atoms with Crippen LogP contribution < -0.4 is 15.5 Å². The minimum Gasteiger partial charge on any atom is -0.372 e. The van der Waals surface area contributed by atoms with Crippen LogP contribution in [0.4, 0.5) is 17.1 Å². The van der Waals surface area contributed by atoms with Crippen molar-refractivity contribution in [3.63, 3.8) is 0 Å². The smallest absolute Gasteiger partial charge is 0.233 e. The van der Waals surface area contributed by atoms with Gasteiger partial charge in [-0.05, 0) is 68.1 Å². The summed E-state index contributed by atoms with van der Waals surface area (Å²) in [6, 6.07) is 13.0. The zero-order valence-electron chi connectivity index (χ0n) is 15.4. The number of amides is 2. The number of carbonyl (C=O) groups excluding carboxylic acids is 2. The maximum absolute atomic E-state index is 12.1. The highest BCUT2D eigenvalue weighted by molar-refractivity contribution is 6.31. The van der Waals surface area contributed by atoms with Crippen LogP contribution in [-0.4, -0.2) is 24.9 Å². The average molecular weight is 386 g/mol. The highest BCUT2D eigenvalue weighted by Gasteiger charge is 2.13. The molecule has 0 radical (unpaired) electrons. The van der Waals surface area contributed by atoms with E-state index in [1.807, 2.05) is 37.3 Å². The third-order valence-electron chi connectivity index (χ3n) is 4.65. The third kappa shape index (κ3) is 5.47. The number of nitrogens with zero attached hydrogens (tertiary/aromatic N) is 1. The van der Waals surface area contributed by atoms with Gasteiger partial charge in [-0.1, -0.05) is 17.7 Å². The molecule has 2 aromatic carbocycles. The Bertz CT molecular complexity index is 815. The lowest BCUT2D eigenvalue weighted by molar-refractivity contribution is -0.123. The Hall–Kier alpha value is -2.53. The van der Waals surface area contributed by atoms with Crippen molar-refractivity contribution in [2.75, 3.05) is 28.6 Å². The number of aryl methyl sites for hydroxylation is 1. The summed E-state index contributed by atoms with van der Waals surface area (Å²) in [6.07, 6.45) is 3.49. The zero-order valence-corrected chi connectivity index (χ0v) is 16.2. The van der Waals surface area contributed by atoms with Gasteiger partial charge in [0.15, 0.2) is 0 Å². The van der Waals surface area contributed by atoms with Crippen LogP contribution in [0.1, 0.15) is 31.2 Å². The van der Waals surface area contributed by atoms with Crippen molar-refractivity contribution in [1.29, 1.82) is 0 Å². The maximum atomic E-state index is 12.1. The summed E-state index contributed by atoms with van der Waals surface area (Å²) in [7, 11) is 0. The highest BCUT2D eigenvalue weighted by Crippen LogP contribution is 2.22. The van der Waals surface area contributed by atoms with Crippen molar-refractivity contribution in [3.8, 4) is 0 Å². The van der Waals surface area contributed by atoms with Gasteiger partial charge in [-0.3, -0.25) is 9.59 Å². The number of rotatable bonds is 5. The number of halogens is 1. The molecular weight excluding hydrogens is 362 g/mol. The lowest BCUT2D eigenvalue weighted by Gasteiger charge is -2.28. The lowest BCUT2D eigenvalue weighted by atomic mass is 10.1. The molecule has 1 saturated heterocycles. The highest BCUT2D eigenvalue weighted by atomic mass is 35.5. The predicted molar refractivity (Wildman–Crippen MR) is 111 cm³/mol. The number of nitrogens with one attached hydrogen (secondary N) is 2. The second-order valence-corrected chi connectivity index (χ2v) is 7.24. The Kier molecular flexibility index (Phi) is 6.35. The van der Waals surface area contributed by atoms with Gasteiger partial charge >= 0.3 is 0 Å². The van der Waals surface area contributed by atoms with Gasteiger partial charge in [-0.25, -0.2) is 0 Å². The normalized spacial score (nSPS) is 13.9. The molecule has 0 saturated carbocycles. The number of hydrogen-bond acceptors (Lipinski definition) is 3. The third-order valence-corrected chi connectivity index (χ3v) is 5.06. The van der Waals surface area contributed by atoms with Gasteiger partial charge < -0.3 is 15.5 Å². The minimum atomic E-state index is -0.377. The van der Waals surface area contributed by atoms with Gasteiger partial charge in [0.25, 0.3) is 0 Å². The van der Waals surface area contributed by atoms with Gasteiger partial charge in [0, 0.05) is 35.2 Å². The summed E-state index contributed by atoms with van der Waals surface area (Å²) in [5.41, 5.74) is 3.36. The first kappa shape index (κ1) is 19.2. The van der Waals surface area contributed by atoms with Crippen LogP contribution in [0.5, 0.6) is 0 Å². The van der Waals surface area contributed by atoms with Crippen LogP contribution in [0.2, 0.25) is 5.02 Å². The number of piperidine rings is 1. The van der Waals surface area contributed by atoms with Gasteiger partial charge in [-0.15, -0.1) is 0 Å². The monoisotopic (exact) mass is 385 g/mol. The van der Waals surface area contributed by atoms with E-state index < -0.39 is 0 Å². The molecule has 0 atom stereocenters. The Morgan fingerprint density at radius 2 is 1.52 bits per heavy atom. The van der Waals surface area contributed by atoms with E-state index in [2.05, 4.69) is 15.5 Å². The molecule has 0 unspecified atom stereocenters. The number of carbonyl (C=O) groups is 2. The predicted octanol–water partition coefficient (Wildman–Crippen LogP) is 4.61. The molecule has 1 aliphatic heterocycles. The van der Waals surface area contributed by atoms with Crippen LogP contribution >= 0.6 is 11.6 Å². The molecule has 0 spiro atoms. The van der Waals surface area contributed by atoms with Crippen molar-refractivity contribution in [2.24, 2.45) is 0 Å². The molecule has 0 aliphatic carbocycles. The molecule has 142 valence electrons. The van der Waals surface area contributed by atoms with Crippen LogP contribution in [0, 0.1) is 6.92 Å². The van der Waals surface area contributed by atoms with E-state index in [9.17, 15) is 9.59 Å². The second-order valence-electron chi connectivity index (χ2n) is 6.83. The number of hydrogen-bond donors (Lipinski definition) is 2. The average Bonchev–Trinajstić information content (AvgIpc) is 2.66. The summed E-state index contributed by atoms with van der Waals surface area (Å²) in [4.78, 5) is 26.5. The van der Waals surface area contributed by atoms with E-state index in [0.717, 1.165) is 18.7 Å². The van der Waals surface area contributed by atoms with E-state index in [-0.39, 0.29) is 18.2 Å². The maximum Gasteiger partial charge on any atom is 0.233 e. The molecule has 1 heterocycles. The SMILES string of the molecule is Cc1ccc(NC(=O)CC(=O)Nc2ccc(N3CCCCC3)cc2)cc1Cl. The largest absolute Gasteiger partial charge is 0.372 e. The van der Waals surface area contributed by atoms with E-state index in [0.29, 0.717) is 16.4 Å². The molecule has 2 N–H and O–H groups in total. The molecule has 1 fully saturated rings. The Morgan fingerprint density at radius 3 is 2.15 bits per heavy atom. The van der Waals surface area contributed by atoms with E-state index in [1.54, 1.807) is 12.1 Å². The van der Waals surface area contributed by atoms with Crippen molar-refractivity contribution in [2.45, 2.75) is 32.6 Å². The molecular formula is C21H24ClN3O2.